The van der Waals surface area contributed by atoms with Crippen LogP contribution in [0.1, 0.15) is 23.2 Å². The Bertz CT molecular complexity index is 924. The molecule has 2 N–H and O–H groups in total. The molecule has 0 bridgehead atoms. The zero-order valence-electron chi connectivity index (χ0n) is 14.9. The lowest BCUT2D eigenvalue weighted by molar-refractivity contribution is -0.313. The van der Waals surface area contributed by atoms with Crippen LogP contribution in [-0.4, -0.2) is 17.8 Å². The van der Waals surface area contributed by atoms with Gasteiger partial charge in [0.1, 0.15) is 5.82 Å². The monoisotopic (exact) mass is 381 g/mol. The van der Waals surface area contributed by atoms with Crippen molar-refractivity contribution in [1.29, 1.82) is 0 Å². The van der Waals surface area contributed by atoms with Crippen molar-refractivity contribution >= 4 is 29.2 Å². The number of rotatable bonds is 5. The summed E-state index contributed by atoms with van der Waals surface area (Å²) in [6.45, 7) is 0. The zero-order valence-corrected chi connectivity index (χ0v) is 14.9. The van der Waals surface area contributed by atoms with Crippen molar-refractivity contribution in [3.8, 4) is 0 Å². The number of hydrogen-bond acceptors (Lipinski definition) is 4. The van der Waals surface area contributed by atoms with Gasteiger partial charge in [0.05, 0.1) is 17.2 Å². The van der Waals surface area contributed by atoms with Gasteiger partial charge in [0, 0.05) is 17.6 Å². The summed E-state index contributed by atoms with van der Waals surface area (Å²) in [6.07, 6.45) is 3.99. The number of halogens is 1. The first-order chi connectivity index (χ1) is 13.5. The molecule has 6 nitrogen and oxygen atoms in total. The van der Waals surface area contributed by atoms with E-state index < -0.39 is 35.4 Å². The van der Waals surface area contributed by atoms with Crippen molar-refractivity contribution in [3.05, 3.63) is 72.1 Å². The summed E-state index contributed by atoms with van der Waals surface area (Å²) in [5.74, 6) is -4.35. The summed E-state index contributed by atoms with van der Waals surface area (Å²) in [7, 11) is 0. The first kappa shape index (κ1) is 19.3. The molecule has 0 aliphatic heterocycles. The number of carboxylic acid groups (broad SMARTS) is 1. The molecule has 144 valence electrons. The Hall–Kier alpha value is -3.48. The number of anilines is 2. The second-order valence-corrected chi connectivity index (χ2v) is 6.47. The van der Waals surface area contributed by atoms with E-state index in [0.717, 1.165) is 0 Å². The van der Waals surface area contributed by atoms with Crippen molar-refractivity contribution in [1.82, 2.24) is 0 Å². The molecule has 7 heteroatoms. The molecule has 0 aromatic heterocycles. The van der Waals surface area contributed by atoms with Crippen molar-refractivity contribution in [3.63, 3.8) is 0 Å². The molecule has 2 amide bonds. The highest BCUT2D eigenvalue weighted by molar-refractivity contribution is 6.10. The minimum Gasteiger partial charge on any atom is -0.550 e. The van der Waals surface area contributed by atoms with E-state index in [4.69, 9.17) is 0 Å². The largest absolute Gasteiger partial charge is 0.550 e. The van der Waals surface area contributed by atoms with Gasteiger partial charge in [-0.15, -0.1) is 0 Å². The first-order valence-corrected chi connectivity index (χ1v) is 8.78. The van der Waals surface area contributed by atoms with Crippen LogP contribution in [-0.2, 0) is 9.59 Å². The number of carbonyl (C=O) groups excluding carboxylic acids is 3. The van der Waals surface area contributed by atoms with Gasteiger partial charge in [-0.2, -0.15) is 0 Å². The van der Waals surface area contributed by atoms with Crippen LogP contribution >= 0.6 is 0 Å². The topological polar surface area (TPSA) is 98.3 Å². The van der Waals surface area contributed by atoms with Gasteiger partial charge in [-0.05, 0) is 49.2 Å². The lowest BCUT2D eigenvalue weighted by atomic mass is 9.82. The number of allylic oxidation sites excluding steroid dienone is 2. The Morgan fingerprint density at radius 2 is 1.54 bits per heavy atom. The number of hydrogen-bond donors (Lipinski definition) is 2. The van der Waals surface area contributed by atoms with Gasteiger partial charge >= 0.3 is 0 Å². The van der Waals surface area contributed by atoms with E-state index in [2.05, 4.69) is 10.6 Å². The summed E-state index contributed by atoms with van der Waals surface area (Å²) >= 11 is 0. The molecule has 1 aliphatic rings. The second-order valence-electron chi connectivity index (χ2n) is 6.47. The smallest absolute Gasteiger partial charge is 0.257 e. The molecule has 0 fully saturated rings. The Morgan fingerprint density at radius 3 is 2.21 bits per heavy atom. The van der Waals surface area contributed by atoms with Crippen molar-refractivity contribution in [2.45, 2.75) is 12.8 Å². The molecule has 28 heavy (non-hydrogen) atoms. The fraction of sp³-hybridized carbons (Fsp3) is 0.190. The van der Waals surface area contributed by atoms with Crippen LogP contribution in [0.5, 0.6) is 0 Å². The summed E-state index contributed by atoms with van der Waals surface area (Å²) in [5, 5.41) is 16.6. The number of aliphatic carboxylic acids is 1. The van der Waals surface area contributed by atoms with Gasteiger partial charge in [0.15, 0.2) is 0 Å². The molecular weight excluding hydrogens is 363 g/mol. The van der Waals surface area contributed by atoms with Crippen molar-refractivity contribution in [2.24, 2.45) is 11.8 Å². The van der Waals surface area contributed by atoms with Crippen LogP contribution in [0.25, 0.3) is 0 Å². The lowest BCUT2D eigenvalue weighted by Gasteiger charge is -2.28. The SMILES string of the molecule is O=C(Nc1ccc(F)cc1)c1ccccc1NC(=O)[C@@H]1CC=CC[C@@H]1C(=O)[O-]. The fourth-order valence-electron chi connectivity index (χ4n) is 3.11. The molecule has 0 saturated heterocycles. The average Bonchev–Trinajstić information content (AvgIpc) is 2.70. The van der Waals surface area contributed by atoms with Gasteiger partial charge < -0.3 is 20.5 Å². The van der Waals surface area contributed by atoms with E-state index in [1.807, 2.05) is 0 Å². The molecule has 0 spiro atoms. The second kappa shape index (κ2) is 8.47. The van der Waals surface area contributed by atoms with E-state index in [1.165, 1.54) is 30.3 Å². The molecule has 2 atom stereocenters. The highest BCUT2D eigenvalue weighted by atomic mass is 19.1. The molecule has 2 aromatic rings. The minimum absolute atomic E-state index is 0.205. The van der Waals surface area contributed by atoms with E-state index in [0.29, 0.717) is 5.69 Å². The number of para-hydroxylation sites is 1. The maximum Gasteiger partial charge on any atom is 0.257 e. The summed E-state index contributed by atoms with van der Waals surface area (Å²) in [6, 6.07) is 11.7. The highest BCUT2D eigenvalue weighted by Crippen LogP contribution is 2.27. The number of amides is 2. The van der Waals surface area contributed by atoms with E-state index >= 15 is 0 Å². The third-order valence-corrected chi connectivity index (χ3v) is 4.60. The first-order valence-electron chi connectivity index (χ1n) is 8.78. The maximum absolute atomic E-state index is 13.0. The minimum atomic E-state index is -1.27. The molecule has 1 aliphatic carbocycles. The molecule has 3 rings (SSSR count). The van der Waals surface area contributed by atoms with Gasteiger partial charge in [-0.3, -0.25) is 9.59 Å². The molecule has 0 saturated carbocycles. The molecule has 0 heterocycles. The van der Waals surface area contributed by atoms with Gasteiger partial charge in [-0.25, -0.2) is 4.39 Å². The fourth-order valence-corrected chi connectivity index (χ4v) is 3.11. The lowest BCUT2D eigenvalue weighted by Crippen LogP contribution is -2.41. The maximum atomic E-state index is 13.0. The molecule has 0 radical (unpaired) electrons. The molecule has 2 aromatic carbocycles. The third-order valence-electron chi connectivity index (χ3n) is 4.60. The van der Waals surface area contributed by atoms with Crippen LogP contribution in [0, 0.1) is 17.7 Å². The normalized spacial score (nSPS) is 18.3. The summed E-state index contributed by atoms with van der Waals surface area (Å²) in [5.41, 5.74) is 0.872. The summed E-state index contributed by atoms with van der Waals surface area (Å²) in [4.78, 5) is 36.5. The standard InChI is InChI=1S/C21H19FN2O4/c22-13-9-11-14(12-10-13)23-20(26)17-7-3-4-8-18(17)24-19(25)15-5-1-2-6-16(15)21(27)28/h1-4,7-12,15-16H,5-6H2,(H,23,26)(H,24,25)(H,27,28)/p-1/t15-,16+/m1/s1. The number of benzene rings is 2. The molecule has 0 unspecified atom stereocenters. The Kier molecular flexibility index (Phi) is 5.84. The van der Waals surface area contributed by atoms with E-state index in [9.17, 15) is 23.9 Å². The Labute approximate surface area is 161 Å². The molecular formula is C21H18FN2O4-. The van der Waals surface area contributed by atoms with E-state index in [1.54, 1.807) is 30.4 Å². The van der Waals surface area contributed by atoms with Gasteiger partial charge in [0.2, 0.25) is 5.91 Å². The number of carbonyl (C=O) groups is 3. The third kappa shape index (κ3) is 4.43. The van der Waals surface area contributed by atoms with E-state index in [-0.39, 0.29) is 24.1 Å². The quantitative estimate of drug-likeness (QED) is 0.777. The number of carboxylic acids is 1. The van der Waals surface area contributed by atoms with Crippen LogP contribution in [0.3, 0.4) is 0 Å². The Morgan fingerprint density at radius 1 is 0.893 bits per heavy atom. The van der Waals surface area contributed by atoms with Gasteiger partial charge in [-0.1, -0.05) is 24.3 Å². The zero-order chi connectivity index (χ0) is 20.1. The predicted octanol–water partition coefficient (Wildman–Crippen LogP) is 2.35. The number of nitrogens with one attached hydrogen (secondary N) is 2. The average molecular weight is 381 g/mol. The Balaban J connectivity index is 1.77. The van der Waals surface area contributed by atoms with Crippen LogP contribution < -0.4 is 15.7 Å². The predicted molar refractivity (Wildman–Crippen MR) is 99.8 cm³/mol. The van der Waals surface area contributed by atoms with Gasteiger partial charge in [0.25, 0.3) is 5.91 Å². The van der Waals surface area contributed by atoms with Crippen LogP contribution in [0.4, 0.5) is 15.8 Å². The highest BCUT2D eigenvalue weighted by Gasteiger charge is 2.30. The van der Waals surface area contributed by atoms with Crippen molar-refractivity contribution < 1.29 is 23.9 Å². The summed E-state index contributed by atoms with van der Waals surface area (Å²) < 4.78 is 13.0. The van der Waals surface area contributed by atoms with Crippen molar-refractivity contribution in [2.75, 3.05) is 10.6 Å². The van der Waals surface area contributed by atoms with Crippen LogP contribution in [0.2, 0.25) is 0 Å². The van der Waals surface area contributed by atoms with Crippen LogP contribution in [0.15, 0.2) is 60.7 Å².